The molecule has 1 amide bonds. The Balaban J connectivity index is 2.09. The number of primary amides is 1. The summed E-state index contributed by atoms with van der Waals surface area (Å²) in [6, 6.07) is 11.4. The van der Waals surface area contributed by atoms with Gasteiger partial charge in [0.2, 0.25) is 5.91 Å². The maximum atomic E-state index is 14.8. The molecule has 0 saturated heterocycles. The quantitative estimate of drug-likeness (QED) is 0.656. The fourth-order valence-electron chi connectivity index (χ4n) is 3.00. The molecule has 0 bridgehead atoms. The first kappa shape index (κ1) is 18.9. The molecule has 7 heteroatoms. The van der Waals surface area contributed by atoms with Gasteiger partial charge in [-0.2, -0.15) is 0 Å². The number of nitrogens with zero attached hydrogens (tertiary/aromatic N) is 2. The number of nitrogens with two attached hydrogens (primary N) is 1. The summed E-state index contributed by atoms with van der Waals surface area (Å²) in [6.07, 6.45) is 6.61. The molecule has 0 aliphatic rings. The summed E-state index contributed by atoms with van der Waals surface area (Å²) >= 11 is 6.30. The summed E-state index contributed by atoms with van der Waals surface area (Å²) in [5.41, 5.74) is 5.94. The zero-order valence-corrected chi connectivity index (χ0v) is 15.2. The van der Waals surface area contributed by atoms with Crippen molar-refractivity contribution < 1.29 is 9.18 Å². The van der Waals surface area contributed by atoms with Gasteiger partial charge in [-0.3, -0.25) is 20.1 Å². The number of aromatic nitrogens is 2. The number of carbonyl (C=O) groups is 1. The largest absolute Gasteiger partial charge is 0.368 e. The first-order valence-electron chi connectivity index (χ1n) is 8.30. The van der Waals surface area contributed by atoms with Crippen LogP contribution in [-0.2, 0) is 23.3 Å². The molecule has 27 heavy (non-hydrogen) atoms. The lowest BCUT2D eigenvalue weighted by atomic mass is 9.82. The molecule has 3 rings (SSSR count). The number of amides is 1. The van der Waals surface area contributed by atoms with Crippen LogP contribution in [0.2, 0.25) is 5.02 Å². The lowest BCUT2D eigenvalue weighted by Gasteiger charge is -2.33. The van der Waals surface area contributed by atoms with E-state index in [1.54, 1.807) is 55.1 Å². The van der Waals surface area contributed by atoms with Crippen molar-refractivity contribution >= 4 is 17.5 Å². The van der Waals surface area contributed by atoms with Crippen molar-refractivity contribution in [3.05, 3.63) is 94.8 Å². The van der Waals surface area contributed by atoms with E-state index >= 15 is 0 Å². The maximum absolute atomic E-state index is 14.8. The molecule has 0 spiro atoms. The number of nitrogens with one attached hydrogen (secondary N) is 1. The van der Waals surface area contributed by atoms with E-state index in [2.05, 4.69) is 15.3 Å². The van der Waals surface area contributed by atoms with Crippen LogP contribution in [0.4, 0.5) is 4.39 Å². The maximum Gasteiger partial charge on any atom is 0.242 e. The molecule has 1 unspecified atom stereocenters. The molecule has 0 aliphatic carbocycles. The van der Waals surface area contributed by atoms with Crippen LogP contribution < -0.4 is 11.1 Å². The van der Waals surface area contributed by atoms with Gasteiger partial charge in [-0.25, -0.2) is 4.39 Å². The molecule has 0 saturated carbocycles. The van der Waals surface area contributed by atoms with Crippen LogP contribution in [0.1, 0.15) is 16.7 Å². The Morgan fingerprint density at radius 2 is 1.63 bits per heavy atom. The standard InChI is InChI=1S/C20H18ClFN4O/c21-16-2-1-3-17(22)18(16)20(19(23)27,12-14-4-8-24-9-5-14)26-13-15-6-10-25-11-7-15/h1-11,26H,12-13H2,(H2,23,27). The summed E-state index contributed by atoms with van der Waals surface area (Å²) in [4.78, 5) is 20.6. The number of hydrogen-bond donors (Lipinski definition) is 2. The van der Waals surface area contributed by atoms with E-state index in [-0.39, 0.29) is 23.6 Å². The van der Waals surface area contributed by atoms with Crippen LogP contribution in [0, 0.1) is 5.82 Å². The Morgan fingerprint density at radius 3 is 2.19 bits per heavy atom. The molecule has 5 nitrogen and oxygen atoms in total. The highest BCUT2D eigenvalue weighted by Gasteiger charge is 2.42. The van der Waals surface area contributed by atoms with Gasteiger partial charge < -0.3 is 5.73 Å². The van der Waals surface area contributed by atoms with E-state index in [4.69, 9.17) is 17.3 Å². The van der Waals surface area contributed by atoms with Gasteiger partial charge in [-0.1, -0.05) is 17.7 Å². The fraction of sp³-hybridized carbons (Fsp3) is 0.150. The van der Waals surface area contributed by atoms with Crippen molar-refractivity contribution in [2.75, 3.05) is 0 Å². The molecule has 0 fully saturated rings. The lowest BCUT2D eigenvalue weighted by molar-refractivity contribution is -0.125. The average molecular weight is 385 g/mol. The van der Waals surface area contributed by atoms with E-state index < -0.39 is 17.3 Å². The van der Waals surface area contributed by atoms with Crippen LogP contribution in [0.25, 0.3) is 0 Å². The third kappa shape index (κ3) is 4.13. The molecule has 2 aromatic heterocycles. The van der Waals surface area contributed by atoms with Crippen molar-refractivity contribution in [3.8, 4) is 0 Å². The average Bonchev–Trinajstić information content (AvgIpc) is 2.67. The Kier molecular flexibility index (Phi) is 5.78. The van der Waals surface area contributed by atoms with E-state index in [0.29, 0.717) is 0 Å². The van der Waals surface area contributed by atoms with Crippen LogP contribution in [0.5, 0.6) is 0 Å². The van der Waals surface area contributed by atoms with E-state index in [9.17, 15) is 9.18 Å². The zero-order chi connectivity index (χ0) is 19.3. The second-order valence-electron chi connectivity index (χ2n) is 6.11. The highest BCUT2D eigenvalue weighted by Crippen LogP contribution is 2.34. The predicted molar refractivity (Wildman–Crippen MR) is 101 cm³/mol. The second kappa shape index (κ2) is 8.24. The smallest absolute Gasteiger partial charge is 0.242 e. The molecule has 3 N–H and O–H groups in total. The number of benzene rings is 1. The normalized spacial score (nSPS) is 13.1. The van der Waals surface area contributed by atoms with Crippen molar-refractivity contribution in [1.29, 1.82) is 0 Å². The van der Waals surface area contributed by atoms with Gasteiger partial charge in [0.05, 0.1) is 0 Å². The van der Waals surface area contributed by atoms with Gasteiger partial charge in [0, 0.05) is 48.3 Å². The highest BCUT2D eigenvalue weighted by molar-refractivity contribution is 6.31. The minimum absolute atomic E-state index is 0.0324. The molecule has 0 aliphatic heterocycles. The third-order valence-corrected chi connectivity index (χ3v) is 4.69. The number of hydrogen-bond acceptors (Lipinski definition) is 4. The molecule has 138 valence electrons. The van der Waals surface area contributed by atoms with Gasteiger partial charge >= 0.3 is 0 Å². The monoisotopic (exact) mass is 384 g/mol. The topological polar surface area (TPSA) is 80.9 Å². The predicted octanol–water partition coefficient (Wildman–Crippen LogP) is 2.98. The summed E-state index contributed by atoms with van der Waals surface area (Å²) in [6.45, 7) is 0.279. The molecular formula is C20H18ClFN4O. The van der Waals surface area contributed by atoms with Crippen LogP contribution in [0.3, 0.4) is 0 Å². The number of rotatable bonds is 7. The van der Waals surface area contributed by atoms with Crippen LogP contribution in [-0.4, -0.2) is 15.9 Å². The van der Waals surface area contributed by atoms with Crippen molar-refractivity contribution in [3.63, 3.8) is 0 Å². The number of halogens is 2. The Labute approximate surface area is 161 Å². The lowest BCUT2D eigenvalue weighted by Crippen LogP contribution is -2.54. The molecule has 0 radical (unpaired) electrons. The van der Waals surface area contributed by atoms with Gasteiger partial charge in [0.25, 0.3) is 0 Å². The molecule has 1 aromatic carbocycles. The molecule has 1 atom stereocenters. The Morgan fingerprint density at radius 1 is 1.04 bits per heavy atom. The molecule has 3 aromatic rings. The summed E-state index contributed by atoms with van der Waals surface area (Å²) in [7, 11) is 0. The first-order chi connectivity index (χ1) is 13.0. The third-order valence-electron chi connectivity index (χ3n) is 4.37. The number of carbonyl (C=O) groups excluding carboxylic acids is 1. The van der Waals surface area contributed by atoms with Crippen LogP contribution >= 0.6 is 11.6 Å². The summed E-state index contributed by atoms with van der Waals surface area (Å²) in [5.74, 6) is -1.32. The molecular weight excluding hydrogens is 367 g/mol. The SMILES string of the molecule is NC(=O)C(Cc1ccncc1)(NCc1ccncc1)c1c(F)cccc1Cl. The second-order valence-corrected chi connectivity index (χ2v) is 6.51. The van der Waals surface area contributed by atoms with E-state index in [1.807, 2.05) is 0 Å². The highest BCUT2D eigenvalue weighted by atomic mass is 35.5. The fourth-order valence-corrected chi connectivity index (χ4v) is 3.33. The van der Waals surface area contributed by atoms with Crippen molar-refractivity contribution in [2.24, 2.45) is 5.73 Å². The van der Waals surface area contributed by atoms with E-state index in [1.165, 1.54) is 12.1 Å². The zero-order valence-electron chi connectivity index (χ0n) is 14.4. The Hall–Kier alpha value is -2.83. The van der Waals surface area contributed by atoms with Gasteiger partial charge in [0.15, 0.2) is 0 Å². The minimum atomic E-state index is -1.53. The van der Waals surface area contributed by atoms with E-state index in [0.717, 1.165) is 11.1 Å². The number of pyridine rings is 2. The molecule has 2 heterocycles. The summed E-state index contributed by atoms with van der Waals surface area (Å²) in [5, 5.41) is 3.28. The first-order valence-corrected chi connectivity index (χ1v) is 8.68. The Bertz CT molecular complexity index is 904. The summed E-state index contributed by atoms with van der Waals surface area (Å²) < 4.78 is 14.8. The van der Waals surface area contributed by atoms with Crippen molar-refractivity contribution in [1.82, 2.24) is 15.3 Å². The minimum Gasteiger partial charge on any atom is -0.368 e. The van der Waals surface area contributed by atoms with Gasteiger partial charge in [0.1, 0.15) is 11.4 Å². The van der Waals surface area contributed by atoms with Gasteiger partial charge in [-0.05, 0) is 47.5 Å². The van der Waals surface area contributed by atoms with Gasteiger partial charge in [-0.15, -0.1) is 0 Å². The van der Waals surface area contributed by atoms with Crippen LogP contribution in [0.15, 0.2) is 67.3 Å². The van der Waals surface area contributed by atoms with Crippen molar-refractivity contribution in [2.45, 2.75) is 18.5 Å².